The van der Waals surface area contributed by atoms with E-state index in [2.05, 4.69) is 31.6 Å². The maximum absolute atomic E-state index is 15.4. The number of carbonyl (C=O) groups excluding carboxylic acids is 2. The van der Waals surface area contributed by atoms with Crippen LogP contribution in [0.4, 0.5) is 0 Å². The van der Waals surface area contributed by atoms with Gasteiger partial charge in [-0.3, -0.25) is 9.79 Å². The first-order valence-electron chi connectivity index (χ1n) is 16.6. The molecule has 0 aromatic carbocycles. The molecular weight excluding hydrogens is 573 g/mol. The molecule has 0 aromatic rings. The molecule has 4 rings (SSSR count). The van der Waals surface area contributed by atoms with E-state index in [9.17, 15) is 9.90 Å². The van der Waals surface area contributed by atoms with Gasteiger partial charge in [-0.05, 0) is 101 Å². The van der Waals surface area contributed by atoms with E-state index in [1.165, 1.54) is 0 Å². The van der Waals surface area contributed by atoms with Crippen molar-refractivity contribution in [1.29, 1.82) is 0 Å². The highest BCUT2D eigenvalue weighted by atomic mass is 31.1. The first kappa shape index (κ1) is 35.2. The summed E-state index contributed by atoms with van der Waals surface area (Å²) in [6, 6.07) is 0. The van der Waals surface area contributed by atoms with E-state index in [-0.39, 0.29) is 29.1 Å². The van der Waals surface area contributed by atoms with Crippen LogP contribution < -0.4 is 0 Å². The summed E-state index contributed by atoms with van der Waals surface area (Å²) >= 11 is 0. The van der Waals surface area contributed by atoms with Gasteiger partial charge in [-0.1, -0.05) is 66.5 Å². The van der Waals surface area contributed by atoms with Crippen LogP contribution in [0.5, 0.6) is 0 Å². The van der Waals surface area contributed by atoms with Crippen LogP contribution in [0.2, 0.25) is 0 Å². The van der Waals surface area contributed by atoms with Crippen molar-refractivity contribution in [1.82, 2.24) is 0 Å². The molecule has 8 heteroatoms. The maximum Gasteiger partial charge on any atom is 0.340 e. The summed E-state index contributed by atoms with van der Waals surface area (Å²) in [6.45, 7) is 22.5. The van der Waals surface area contributed by atoms with Crippen molar-refractivity contribution in [3.63, 3.8) is 0 Å². The summed E-state index contributed by atoms with van der Waals surface area (Å²) in [6.07, 6.45) is 4.31. The van der Waals surface area contributed by atoms with Gasteiger partial charge in [0.15, 0.2) is 23.0 Å². The van der Waals surface area contributed by atoms with E-state index in [1.54, 1.807) is 7.05 Å². The van der Waals surface area contributed by atoms with Crippen LogP contribution >= 0.6 is 7.92 Å². The molecule has 0 spiro atoms. The second-order valence-electron chi connectivity index (χ2n) is 14.7. The molecule has 0 amide bonds. The quantitative estimate of drug-likeness (QED) is 0.0972. The summed E-state index contributed by atoms with van der Waals surface area (Å²) in [5, 5.41) is 13.4. The van der Waals surface area contributed by atoms with Crippen LogP contribution in [0.3, 0.4) is 0 Å². The minimum Gasteiger partial charge on any atom is -0.451 e. The Balaban J connectivity index is 1.93. The number of hydrogen-bond donors (Lipinski definition) is 1. The van der Waals surface area contributed by atoms with Gasteiger partial charge in [-0.25, -0.2) is 4.79 Å². The summed E-state index contributed by atoms with van der Waals surface area (Å²) in [7, 11) is 0.349. The molecule has 0 aromatic heterocycles. The zero-order valence-electron chi connectivity index (χ0n) is 29.2. The molecule has 4 aliphatic rings. The molecule has 1 saturated carbocycles. The fourth-order valence-corrected chi connectivity index (χ4v) is 12.0. The number of carbonyl (C=O) groups is 2. The topological polar surface area (TPSA) is 94.4 Å². The summed E-state index contributed by atoms with van der Waals surface area (Å²) in [4.78, 5) is 33.9. The second kappa shape index (κ2) is 12.5. The fourth-order valence-electron chi connectivity index (χ4n) is 8.58. The van der Waals surface area contributed by atoms with Crippen molar-refractivity contribution in [3.05, 3.63) is 34.2 Å². The van der Waals surface area contributed by atoms with Crippen molar-refractivity contribution < 1.29 is 28.9 Å². The zero-order chi connectivity index (χ0) is 33.0. The molecule has 7 nitrogen and oxygen atoms in total. The highest BCUT2D eigenvalue weighted by Crippen LogP contribution is 2.70. The number of nitrogens with zero attached hydrogens (tertiary/aromatic N) is 1. The summed E-state index contributed by atoms with van der Waals surface area (Å²) < 4.78 is 19.2. The number of fused-ring (bicyclic) bond motifs is 3. The van der Waals surface area contributed by atoms with Gasteiger partial charge in [0.05, 0.1) is 17.6 Å². The van der Waals surface area contributed by atoms with E-state index in [4.69, 9.17) is 14.2 Å². The van der Waals surface area contributed by atoms with Crippen LogP contribution in [0.15, 0.2) is 39.2 Å². The smallest absolute Gasteiger partial charge is 0.340 e. The third-order valence-electron chi connectivity index (χ3n) is 11.3. The molecule has 2 aliphatic carbocycles. The maximum atomic E-state index is 15.4. The predicted octanol–water partition coefficient (Wildman–Crippen LogP) is 7.71. The third kappa shape index (κ3) is 5.32. The van der Waals surface area contributed by atoms with Gasteiger partial charge in [0.25, 0.3) is 0 Å². The molecule has 2 aliphatic heterocycles. The predicted molar refractivity (Wildman–Crippen MR) is 178 cm³/mol. The van der Waals surface area contributed by atoms with Crippen molar-refractivity contribution in [2.75, 3.05) is 13.7 Å². The molecule has 5 unspecified atom stereocenters. The van der Waals surface area contributed by atoms with Crippen LogP contribution in [0.1, 0.15) is 108 Å². The summed E-state index contributed by atoms with van der Waals surface area (Å²) in [5.74, 6) is 0.830. The van der Waals surface area contributed by atoms with E-state index >= 15 is 4.79 Å². The average molecular weight is 630 g/mol. The van der Waals surface area contributed by atoms with Gasteiger partial charge >= 0.3 is 5.97 Å². The van der Waals surface area contributed by atoms with Gasteiger partial charge in [0, 0.05) is 12.8 Å². The molecule has 2 fully saturated rings. The Labute approximate surface area is 266 Å². The monoisotopic (exact) mass is 629 g/mol. The molecular formula is C36H56NO6P. The van der Waals surface area contributed by atoms with Gasteiger partial charge < -0.3 is 19.3 Å². The Morgan fingerprint density at radius 2 is 1.82 bits per heavy atom. The molecule has 1 saturated heterocycles. The van der Waals surface area contributed by atoms with Crippen molar-refractivity contribution in [2.45, 2.75) is 138 Å². The number of aliphatic imine (C=N–C) groups is 1. The van der Waals surface area contributed by atoms with Crippen LogP contribution in [-0.4, -0.2) is 65.2 Å². The normalized spacial score (nSPS) is 37.1. The van der Waals surface area contributed by atoms with Gasteiger partial charge in [0.1, 0.15) is 6.10 Å². The van der Waals surface area contributed by atoms with E-state index < -0.39 is 42.9 Å². The fraction of sp³-hybridized carbons (Fsp3) is 0.750. The largest absolute Gasteiger partial charge is 0.451 e. The lowest BCUT2D eigenvalue weighted by atomic mass is 9.63. The van der Waals surface area contributed by atoms with Crippen LogP contribution in [0, 0.1) is 22.7 Å². The lowest BCUT2D eigenvalue weighted by Gasteiger charge is -2.52. The zero-order valence-corrected chi connectivity index (χ0v) is 30.1. The van der Waals surface area contributed by atoms with Gasteiger partial charge in [0.2, 0.25) is 0 Å². The number of hydrogen-bond acceptors (Lipinski definition) is 7. The third-order valence-corrected chi connectivity index (χ3v) is 14.3. The van der Waals surface area contributed by atoms with E-state index in [0.717, 1.165) is 30.4 Å². The van der Waals surface area contributed by atoms with Crippen molar-refractivity contribution >= 4 is 25.1 Å². The first-order chi connectivity index (χ1) is 20.5. The van der Waals surface area contributed by atoms with Gasteiger partial charge in [-0.2, -0.15) is 0 Å². The number of allylic oxidation sites excluding steroid dienone is 1. The van der Waals surface area contributed by atoms with Crippen molar-refractivity contribution in [2.24, 2.45) is 27.7 Å². The Kier molecular flexibility index (Phi) is 10.0. The number of rotatable bonds is 8. The SMILES string of the molecule is CCC(=N/C)/C(C(=O)OC1C(C)=CC2(C(C)C)C(=O)P([C@H]3CC[C@@H](CC)C3(C)C)C=C3COC(C)(C)OC3C12O)=C(/C)CC. The number of aliphatic hydroxyl groups is 1. The molecule has 246 valence electrons. The minimum absolute atomic E-state index is 0.0321. The van der Waals surface area contributed by atoms with Crippen LogP contribution in [0.25, 0.3) is 0 Å². The molecule has 2 heterocycles. The Morgan fingerprint density at radius 1 is 1.16 bits per heavy atom. The molecule has 0 bridgehead atoms. The Morgan fingerprint density at radius 3 is 2.34 bits per heavy atom. The highest BCUT2D eigenvalue weighted by molar-refractivity contribution is 7.78. The molecule has 7 atom stereocenters. The van der Waals surface area contributed by atoms with E-state index in [1.807, 2.05) is 61.5 Å². The molecule has 44 heavy (non-hydrogen) atoms. The Hall–Kier alpha value is -1.66. The molecule has 0 radical (unpaired) electrons. The number of ether oxygens (including phenoxy) is 3. The van der Waals surface area contributed by atoms with E-state index in [0.29, 0.717) is 35.6 Å². The minimum atomic E-state index is -1.87. The lowest BCUT2D eigenvalue weighted by molar-refractivity contribution is -0.303. The lowest BCUT2D eigenvalue weighted by Crippen LogP contribution is -2.67. The standard InChI is InChI=1S/C36H56NO6P/c1-13-22(6)28(26(15-3)37-12)31(38)42-29-23(7)18-35(21(4)5)32(39)44(27-17-16-25(14-2)33(27,8)9)20-24-19-41-34(10,11)43-30(24)36(29,35)40/h18,20-21,25,27,29-30,40H,13-17,19H2,1-12H3/b28-22+,37-26-/t25-,27+,29?,30?,35?,36?,44?/m1/s1. The van der Waals surface area contributed by atoms with Gasteiger partial charge in [-0.15, -0.1) is 0 Å². The van der Waals surface area contributed by atoms with Crippen LogP contribution in [-0.2, 0) is 23.8 Å². The number of esters is 1. The average Bonchev–Trinajstić information content (AvgIpc) is 3.36. The molecule has 1 N–H and O–H groups in total. The van der Waals surface area contributed by atoms with Crippen molar-refractivity contribution in [3.8, 4) is 0 Å². The second-order valence-corrected chi connectivity index (χ2v) is 16.8. The summed E-state index contributed by atoms with van der Waals surface area (Å²) in [5.41, 5.74) is 0.425. The highest BCUT2D eigenvalue weighted by Gasteiger charge is 2.73. The first-order valence-corrected chi connectivity index (χ1v) is 18.1. The Bertz CT molecular complexity index is 1290.